The van der Waals surface area contributed by atoms with Crippen molar-refractivity contribution in [2.45, 2.75) is 19.1 Å². The highest BCUT2D eigenvalue weighted by Gasteiger charge is 2.39. The molecule has 3 nitrogen and oxygen atoms in total. The van der Waals surface area contributed by atoms with E-state index in [-0.39, 0.29) is 18.4 Å². The summed E-state index contributed by atoms with van der Waals surface area (Å²) < 4.78 is 62.4. The summed E-state index contributed by atoms with van der Waals surface area (Å²) in [6.45, 7) is -0.348. The highest BCUT2D eigenvalue weighted by atomic mass is 19.4. The molecule has 2 N–H and O–H groups in total. The number of aromatic nitrogens is 1. The first-order chi connectivity index (χ1) is 7.82. The number of nitrogens with zero attached hydrogens (tertiary/aromatic N) is 1. The normalized spacial score (nSPS) is 11.9. The van der Waals surface area contributed by atoms with E-state index in [4.69, 9.17) is 5.73 Å². The van der Waals surface area contributed by atoms with Crippen molar-refractivity contribution in [2.75, 3.05) is 0 Å². The number of carbonyl (C=O) groups excluding carboxylic acids is 1. The first kappa shape index (κ1) is 13.5. The van der Waals surface area contributed by atoms with Crippen LogP contribution in [0.25, 0.3) is 0 Å². The van der Waals surface area contributed by atoms with Crippen LogP contribution in [-0.2, 0) is 12.7 Å². The lowest BCUT2D eigenvalue weighted by Gasteiger charge is -2.15. The van der Waals surface area contributed by atoms with Crippen LogP contribution in [0.2, 0.25) is 0 Å². The molecule has 0 spiro atoms. The summed E-state index contributed by atoms with van der Waals surface area (Å²) in [5, 5.41) is 0. The standard InChI is InChI=1S/C9H7F5N2O/c10-8(11)6-5(3-17)4(1-15)2-16-7(6)9(12,13)14/h2-3,8H,1,15H2. The number of alkyl halides is 5. The van der Waals surface area contributed by atoms with Crippen LogP contribution in [0.1, 0.15) is 33.6 Å². The Morgan fingerprint density at radius 2 is 2.00 bits per heavy atom. The Morgan fingerprint density at radius 3 is 2.35 bits per heavy atom. The summed E-state index contributed by atoms with van der Waals surface area (Å²) >= 11 is 0. The van der Waals surface area contributed by atoms with E-state index in [1.54, 1.807) is 0 Å². The number of pyridine rings is 1. The van der Waals surface area contributed by atoms with Gasteiger partial charge in [0.2, 0.25) is 0 Å². The maximum atomic E-state index is 12.6. The smallest absolute Gasteiger partial charge is 0.326 e. The summed E-state index contributed by atoms with van der Waals surface area (Å²) in [5.74, 6) is 0. The van der Waals surface area contributed by atoms with Gasteiger partial charge >= 0.3 is 6.18 Å². The van der Waals surface area contributed by atoms with Crippen LogP contribution in [0.4, 0.5) is 22.0 Å². The topological polar surface area (TPSA) is 56.0 Å². The highest BCUT2D eigenvalue weighted by molar-refractivity contribution is 5.80. The van der Waals surface area contributed by atoms with E-state index >= 15 is 0 Å². The molecule has 0 atom stereocenters. The Bertz CT molecular complexity index is 430. The number of hydrogen-bond donors (Lipinski definition) is 1. The summed E-state index contributed by atoms with van der Waals surface area (Å²) in [7, 11) is 0. The first-order valence-electron chi connectivity index (χ1n) is 4.35. The Morgan fingerprint density at radius 1 is 1.41 bits per heavy atom. The molecule has 0 aliphatic rings. The number of hydrogen-bond acceptors (Lipinski definition) is 3. The van der Waals surface area contributed by atoms with Crippen molar-refractivity contribution in [1.82, 2.24) is 4.98 Å². The molecule has 1 aromatic rings. The molecule has 0 radical (unpaired) electrons. The zero-order valence-electron chi connectivity index (χ0n) is 8.26. The van der Waals surface area contributed by atoms with Gasteiger partial charge in [0.15, 0.2) is 12.0 Å². The van der Waals surface area contributed by atoms with Gasteiger partial charge in [0, 0.05) is 18.3 Å². The molecule has 94 valence electrons. The predicted molar refractivity (Wildman–Crippen MR) is 47.5 cm³/mol. The van der Waals surface area contributed by atoms with E-state index in [0.29, 0.717) is 6.20 Å². The molecule has 0 aliphatic heterocycles. The van der Waals surface area contributed by atoms with Gasteiger partial charge in [-0.3, -0.25) is 9.78 Å². The van der Waals surface area contributed by atoms with Crippen LogP contribution in [0.3, 0.4) is 0 Å². The molecule has 0 aromatic carbocycles. The molecule has 8 heteroatoms. The molecule has 0 fully saturated rings. The lowest BCUT2D eigenvalue weighted by molar-refractivity contribution is -0.143. The lowest BCUT2D eigenvalue weighted by atomic mass is 10.0. The van der Waals surface area contributed by atoms with E-state index in [1.165, 1.54) is 0 Å². The minimum absolute atomic E-state index is 0.0688. The fraction of sp³-hybridized carbons (Fsp3) is 0.333. The minimum Gasteiger partial charge on any atom is -0.326 e. The zero-order valence-corrected chi connectivity index (χ0v) is 8.26. The maximum Gasteiger partial charge on any atom is 0.433 e. The number of nitrogens with two attached hydrogens (primary N) is 1. The van der Waals surface area contributed by atoms with Gasteiger partial charge in [-0.15, -0.1) is 0 Å². The van der Waals surface area contributed by atoms with Crippen LogP contribution in [0.5, 0.6) is 0 Å². The van der Waals surface area contributed by atoms with Crippen molar-refractivity contribution in [3.8, 4) is 0 Å². The summed E-state index contributed by atoms with van der Waals surface area (Å²) in [4.78, 5) is 13.5. The van der Waals surface area contributed by atoms with Crippen molar-refractivity contribution < 1.29 is 26.7 Å². The van der Waals surface area contributed by atoms with E-state index in [0.717, 1.165) is 0 Å². The molecule has 0 unspecified atom stereocenters. The zero-order chi connectivity index (χ0) is 13.2. The number of halogens is 5. The molecule has 0 saturated carbocycles. The maximum absolute atomic E-state index is 12.6. The second-order valence-electron chi connectivity index (χ2n) is 3.08. The lowest BCUT2D eigenvalue weighted by Crippen LogP contribution is -2.17. The van der Waals surface area contributed by atoms with Crippen molar-refractivity contribution in [3.05, 3.63) is 28.6 Å². The fourth-order valence-corrected chi connectivity index (χ4v) is 1.33. The average Bonchev–Trinajstić information content (AvgIpc) is 2.25. The Hall–Kier alpha value is -1.57. The Kier molecular flexibility index (Phi) is 3.76. The molecule has 1 rings (SSSR count). The SMILES string of the molecule is NCc1cnc(C(F)(F)F)c(C(F)F)c1C=O. The fourth-order valence-electron chi connectivity index (χ4n) is 1.33. The van der Waals surface area contributed by atoms with Gasteiger partial charge in [0.05, 0.1) is 5.56 Å². The van der Waals surface area contributed by atoms with Gasteiger partial charge in [-0.2, -0.15) is 13.2 Å². The number of aldehydes is 1. The number of rotatable bonds is 3. The molecule has 1 aromatic heterocycles. The monoisotopic (exact) mass is 254 g/mol. The minimum atomic E-state index is -5.04. The van der Waals surface area contributed by atoms with Crippen LogP contribution in [0, 0.1) is 0 Å². The van der Waals surface area contributed by atoms with Crippen molar-refractivity contribution >= 4 is 6.29 Å². The van der Waals surface area contributed by atoms with Crippen LogP contribution < -0.4 is 5.73 Å². The van der Waals surface area contributed by atoms with Crippen molar-refractivity contribution in [1.29, 1.82) is 0 Å². The van der Waals surface area contributed by atoms with Crippen LogP contribution >= 0.6 is 0 Å². The molecular formula is C9H7F5N2O. The van der Waals surface area contributed by atoms with Gasteiger partial charge in [-0.1, -0.05) is 0 Å². The molecule has 0 aliphatic carbocycles. The quantitative estimate of drug-likeness (QED) is 0.665. The molecule has 17 heavy (non-hydrogen) atoms. The third kappa shape index (κ3) is 2.57. The average molecular weight is 254 g/mol. The molecule has 0 saturated heterocycles. The third-order valence-corrected chi connectivity index (χ3v) is 2.07. The van der Waals surface area contributed by atoms with Gasteiger partial charge in [0.1, 0.15) is 0 Å². The molecular weight excluding hydrogens is 247 g/mol. The summed E-state index contributed by atoms with van der Waals surface area (Å²) in [6, 6.07) is 0. The highest BCUT2D eigenvalue weighted by Crippen LogP contribution is 2.37. The summed E-state index contributed by atoms with van der Waals surface area (Å²) in [6.07, 6.45) is -7.89. The van der Waals surface area contributed by atoms with E-state index in [2.05, 4.69) is 4.98 Å². The van der Waals surface area contributed by atoms with Crippen LogP contribution in [0.15, 0.2) is 6.20 Å². The van der Waals surface area contributed by atoms with Gasteiger partial charge in [-0.25, -0.2) is 8.78 Å². The Labute approximate surface area is 92.4 Å². The predicted octanol–water partition coefficient (Wildman–Crippen LogP) is 2.31. The largest absolute Gasteiger partial charge is 0.433 e. The van der Waals surface area contributed by atoms with Crippen LogP contribution in [-0.4, -0.2) is 11.3 Å². The number of carbonyl (C=O) groups is 1. The second-order valence-corrected chi connectivity index (χ2v) is 3.08. The van der Waals surface area contributed by atoms with Gasteiger partial charge < -0.3 is 5.73 Å². The van der Waals surface area contributed by atoms with Crippen molar-refractivity contribution in [3.63, 3.8) is 0 Å². The van der Waals surface area contributed by atoms with E-state index in [1.807, 2.05) is 0 Å². The van der Waals surface area contributed by atoms with Crippen molar-refractivity contribution in [2.24, 2.45) is 5.73 Å². The Balaban J connectivity index is 3.59. The molecule has 0 bridgehead atoms. The second kappa shape index (κ2) is 4.74. The third-order valence-electron chi connectivity index (χ3n) is 2.07. The van der Waals surface area contributed by atoms with Gasteiger partial charge in [0.25, 0.3) is 6.43 Å². The van der Waals surface area contributed by atoms with E-state index in [9.17, 15) is 26.7 Å². The van der Waals surface area contributed by atoms with E-state index < -0.39 is 29.4 Å². The first-order valence-corrected chi connectivity index (χ1v) is 4.35. The van der Waals surface area contributed by atoms with Gasteiger partial charge in [-0.05, 0) is 5.56 Å². The summed E-state index contributed by atoms with van der Waals surface area (Å²) in [5.41, 5.74) is 1.06. The molecule has 1 heterocycles. The molecule has 0 amide bonds.